The maximum atomic E-state index is 11.0. The van der Waals surface area contributed by atoms with Crippen molar-refractivity contribution in [2.75, 3.05) is 6.61 Å². The van der Waals surface area contributed by atoms with Crippen molar-refractivity contribution >= 4 is 17.0 Å². The van der Waals surface area contributed by atoms with Gasteiger partial charge in [-0.25, -0.2) is 9.00 Å². The van der Waals surface area contributed by atoms with Crippen LogP contribution in [0.3, 0.4) is 0 Å². The lowest BCUT2D eigenvalue weighted by atomic mass is 10.2. The smallest absolute Gasteiger partial charge is 0.333 e. The van der Waals surface area contributed by atoms with E-state index in [9.17, 15) is 9.00 Å². The molecule has 15 heavy (non-hydrogen) atoms. The predicted octanol–water partition coefficient (Wildman–Crippen LogP) is 1.89. The maximum absolute atomic E-state index is 11.0. The van der Waals surface area contributed by atoms with Gasteiger partial charge < -0.3 is 9.29 Å². The Morgan fingerprint density at radius 2 is 2.20 bits per heavy atom. The van der Waals surface area contributed by atoms with Crippen LogP contribution in [0.2, 0.25) is 0 Å². The Hall–Kier alpha value is -0.680. The average Bonchev–Trinajstić information content (AvgIpc) is 2.16. The van der Waals surface area contributed by atoms with Crippen molar-refractivity contribution in [3.8, 4) is 0 Å². The van der Waals surface area contributed by atoms with Crippen LogP contribution in [0.15, 0.2) is 12.2 Å². The monoisotopic (exact) mass is 234 g/mol. The fraction of sp³-hybridized carbons (Fsp3) is 0.700. The standard InChI is InChI=1S/C10H18O4S/c1-4-9(15(12)13)6-5-7-14-10(11)8(2)3/h9H,2,4-7H2,1,3H3,(H,12,13). The van der Waals surface area contributed by atoms with E-state index in [-0.39, 0.29) is 11.9 Å². The molecule has 0 aliphatic rings. The Bertz CT molecular complexity index is 250. The third-order valence-electron chi connectivity index (χ3n) is 1.99. The van der Waals surface area contributed by atoms with Gasteiger partial charge in [-0.05, 0) is 26.2 Å². The van der Waals surface area contributed by atoms with Crippen molar-refractivity contribution in [3.63, 3.8) is 0 Å². The molecular formula is C10H18O4S. The van der Waals surface area contributed by atoms with Crippen molar-refractivity contribution in [3.05, 3.63) is 12.2 Å². The van der Waals surface area contributed by atoms with Crippen molar-refractivity contribution < 1.29 is 18.3 Å². The van der Waals surface area contributed by atoms with E-state index >= 15 is 0 Å². The molecule has 2 unspecified atom stereocenters. The van der Waals surface area contributed by atoms with Crippen LogP contribution < -0.4 is 0 Å². The molecule has 1 N–H and O–H groups in total. The number of carbonyl (C=O) groups excluding carboxylic acids is 1. The first-order chi connectivity index (χ1) is 6.99. The highest BCUT2D eigenvalue weighted by Gasteiger charge is 2.12. The highest BCUT2D eigenvalue weighted by Crippen LogP contribution is 2.08. The summed E-state index contributed by atoms with van der Waals surface area (Å²) in [4.78, 5) is 11.0. The molecule has 0 aromatic rings. The molecular weight excluding hydrogens is 216 g/mol. The minimum absolute atomic E-state index is 0.228. The molecule has 0 aromatic carbocycles. The summed E-state index contributed by atoms with van der Waals surface area (Å²) in [5.74, 6) is -0.409. The second-order valence-corrected chi connectivity index (χ2v) is 4.58. The van der Waals surface area contributed by atoms with Gasteiger partial charge in [0.05, 0.1) is 11.9 Å². The van der Waals surface area contributed by atoms with E-state index in [0.717, 1.165) is 0 Å². The number of rotatable bonds is 7. The Balaban J connectivity index is 3.66. The topological polar surface area (TPSA) is 63.6 Å². The second kappa shape index (κ2) is 7.59. The third kappa shape index (κ3) is 6.41. The van der Waals surface area contributed by atoms with E-state index in [0.29, 0.717) is 24.8 Å². The van der Waals surface area contributed by atoms with E-state index in [1.54, 1.807) is 6.92 Å². The molecule has 0 radical (unpaired) electrons. The molecule has 0 fully saturated rings. The lowest BCUT2D eigenvalue weighted by molar-refractivity contribution is -0.139. The zero-order valence-electron chi connectivity index (χ0n) is 9.19. The SMILES string of the molecule is C=C(C)C(=O)OCCCC(CC)S(=O)O. The maximum Gasteiger partial charge on any atom is 0.333 e. The minimum Gasteiger partial charge on any atom is -0.462 e. The lowest BCUT2D eigenvalue weighted by Gasteiger charge is -2.10. The summed E-state index contributed by atoms with van der Waals surface area (Å²) >= 11 is -1.78. The van der Waals surface area contributed by atoms with Gasteiger partial charge in [-0.3, -0.25) is 0 Å². The molecule has 0 saturated heterocycles. The first-order valence-electron chi connectivity index (χ1n) is 4.91. The Morgan fingerprint density at radius 1 is 1.60 bits per heavy atom. The molecule has 2 atom stereocenters. The van der Waals surface area contributed by atoms with Crippen molar-refractivity contribution in [2.24, 2.45) is 0 Å². The summed E-state index contributed by atoms with van der Waals surface area (Å²) in [6.07, 6.45) is 1.84. The summed E-state index contributed by atoms with van der Waals surface area (Å²) in [6, 6.07) is 0. The molecule has 0 rings (SSSR count). The van der Waals surface area contributed by atoms with Gasteiger partial charge in [0.25, 0.3) is 0 Å². The van der Waals surface area contributed by atoms with Gasteiger partial charge in [-0.1, -0.05) is 13.5 Å². The summed E-state index contributed by atoms with van der Waals surface area (Å²) < 4.78 is 24.5. The number of ether oxygens (including phenoxy) is 1. The molecule has 0 heterocycles. The quantitative estimate of drug-likeness (QED) is 0.316. The summed E-state index contributed by atoms with van der Waals surface area (Å²) in [6.45, 7) is 7.17. The molecule has 88 valence electrons. The van der Waals surface area contributed by atoms with Crippen LogP contribution >= 0.6 is 0 Å². The Kier molecular flexibility index (Phi) is 7.25. The fourth-order valence-corrected chi connectivity index (χ4v) is 1.70. The number of hydrogen-bond acceptors (Lipinski definition) is 3. The van der Waals surface area contributed by atoms with Crippen LogP contribution in [-0.2, 0) is 20.6 Å². The van der Waals surface area contributed by atoms with Crippen LogP contribution in [0.4, 0.5) is 0 Å². The minimum atomic E-state index is -1.78. The van der Waals surface area contributed by atoms with Gasteiger partial charge in [0.2, 0.25) is 0 Å². The van der Waals surface area contributed by atoms with E-state index < -0.39 is 17.0 Å². The molecule has 0 aromatic heterocycles. The van der Waals surface area contributed by atoms with Gasteiger partial charge >= 0.3 is 5.97 Å². The molecule has 5 heteroatoms. The van der Waals surface area contributed by atoms with Crippen LogP contribution in [-0.4, -0.2) is 26.6 Å². The van der Waals surface area contributed by atoms with E-state index in [4.69, 9.17) is 9.29 Å². The van der Waals surface area contributed by atoms with Crippen molar-refractivity contribution in [1.29, 1.82) is 0 Å². The van der Waals surface area contributed by atoms with Gasteiger partial charge in [0.15, 0.2) is 11.1 Å². The summed E-state index contributed by atoms with van der Waals surface area (Å²) in [5, 5.41) is -0.228. The van der Waals surface area contributed by atoms with E-state index in [1.807, 2.05) is 6.92 Å². The van der Waals surface area contributed by atoms with E-state index in [1.165, 1.54) is 0 Å². The number of carbonyl (C=O) groups is 1. The number of hydrogen-bond donors (Lipinski definition) is 1. The average molecular weight is 234 g/mol. The molecule has 0 aliphatic carbocycles. The second-order valence-electron chi connectivity index (χ2n) is 3.36. The normalized spacial score (nSPS) is 14.3. The zero-order valence-corrected chi connectivity index (χ0v) is 10.0. The predicted molar refractivity (Wildman–Crippen MR) is 59.9 cm³/mol. The number of esters is 1. The van der Waals surface area contributed by atoms with Crippen molar-refractivity contribution in [2.45, 2.75) is 38.4 Å². The zero-order chi connectivity index (χ0) is 11.8. The van der Waals surface area contributed by atoms with Crippen LogP contribution in [0.5, 0.6) is 0 Å². The van der Waals surface area contributed by atoms with Crippen LogP contribution in [0, 0.1) is 0 Å². The van der Waals surface area contributed by atoms with E-state index in [2.05, 4.69) is 6.58 Å². The third-order valence-corrected chi connectivity index (χ3v) is 3.13. The summed E-state index contributed by atoms with van der Waals surface area (Å²) in [7, 11) is 0. The van der Waals surface area contributed by atoms with Gasteiger partial charge in [-0.15, -0.1) is 0 Å². The molecule has 0 saturated carbocycles. The Labute approximate surface area is 93.0 Å². The van der Waals surface area contributed by atoms with Gasteiger partial charge in [-0.2, -0.15) is 0 Å². The highest BCUT2D eigenvalue weighted by molar-refractivity contribution is 7.79. The molecule has 0 spiro atoms. The fourth-order valence-electron chi connectivity index (χ4n) is 1.05. The molecule has 0 aliphatic heterocycles. The Morgan fingerprint density at radius 3 is 2.60 bits per heavy atom. The lowest BCUT2D eigenvalue weighted by Crippen LogP contribution is -2.15. The molecule has 0 bridgehead atoms. The molecule has 4 nitrogen and oxygen atoms in total. The molecule has 0 amide bonds. The summed E-state index contributed by atoms with van der Waals surface area (Å²) in [5.41, 5.74) is 0.368. The van der Waals surface area contributed by atoms with Gasteiger partial charge in [0.1, 0.15) is 0 Å². The first kappa shape index (κ1) is 14.3. The largest absolute Gasteiger partial charge is 0.462 e. The van der Waals surface area contributed by atoms with Crippen molar-refractivity contribution in [1.82, 2.24) is 0 Å². The van der Waals surface area contributed by atoms with Crippen LogP contribution in [0.1, 0.15) is 33.1 Å². The van der Waals surface area contributed by atoms with Gasteiger partial charge in [0, 0.05) is 5.57 Å². The highest BCUT2D eigenvalue weighted by atomic mass is 32.2. The van der Waals surface area contributed by atoms with Crippen LogP contribution in [0.25, 0.3) is 0 Å². The first-order valence-corrected chi connectivity index (χ1v) is 6.08.